The maximum absolute atomic E-state index is 13.0. The summed E-state index contributed by atoms with van der Waals surface area (Å²) in [5.74, 6) is 0.616. The van der Waals surface area contributed by atoms with Crippen LogP contribution in [0.5, 0.6) is 0 Å². The zero-order valence-corrected chi connectivity index (χ0v) is 15.7. The van der Waals surface area contributed by atoms with Crippen molar-refractivity contribution in [2.45, 2.75) is 10.9 Å². The number of sulfone groups is 1. The highest BCUT2D eigenvalue weighted by Gasteiger charge is 2.31. The molecule has 7 nitrogen and oxygen atoms in total. The first-order valence-corrected chi connectivity index (χ1v) is 9.56. The van der Waals surface area contributed by atoms with Gasteiger partial charge in [-0.05, 0) is 18.2 Å². The van der Waals surface area contributed by atoms with E-state index in [9.17, 15) is 13.2 Å². The number of hydrogen-bond acceptors (Lipinski definition) is 5. The molecule has 0 spiro atoms. The van der Waals surface area contributed by atoms with Gasteiger partial charge in [0.15, 0.2) is 9.84 Å². The monoisotopic (exact) mass is 384 g/mol. The summed E-state index contributed by atoms with van der Waals surface area (Å²) in [7, 11) is -1.46. The van der Waals surface area contributed by atoms with E-state index in [2.05, 4.69) is 10.3 Å². The summed E-state index contributed by atoms with van der Waals surface area (Å²) < 4.78 is 25.4. The lowest BCUT2D eigenvalue weighted by atomic mass is 10.1. The van der Waals surface area contributed by atoms with Crippen LogP contribution in [-0.4, -0.2) is 54.7 Å². The van der Waals surface area contributed by atoms with Crippen LogP contribution < -0.4 is 5.32 Å². The Bertz CT molecular complexity index is 866. The van der Waals surface area contributed by atoms with Gasteiger partial charge < -0.3 is 14.8 Å². The highest BCUT2D eigenvalue weighted by Crippen LogP contribution is 2.23. The minimum absolute atomic E-state index is 0. The number of rotatable bonds is 3. The van der Waals surface area contributed by atoms with Gasteiger partial charge in [0.05, 0.1) is 4.90 Å². The zero-order valence-electron chi connectivity index (χ0n) is 14.0. The van der Waals surface area contributed by atoms with Gasteiger partial charge in [-0.25, -0.2) is 13.4 Å². The number of aromatic nitrogens is 2. The minimum atomic E-state index is -3.35. The molecule has 1 amide bonds. The molecule has 1 aliphatic rings. The molecule has 25 heavy (non-hydrogen) atoms. The molecule has 1 fully saturated rings. The fraction of sp³-hybridized carbons (Fsp3) is 0.375. The number of carbonyl (C=O) groups excluding carboxylic acids is 1. The second kappa shape index (κ2) is 7.55. The van der Waals surface area contributed by atoms with Crippen molar-refractivity contribution >= 4 is 28.2 Å². The number of amides is 1. The van der Waals surface area contributed by atoms with Crippen LogP contribution in [-0.2, 0) is 16.9 Å². The van der Waals surface area contributed by atoms with Gasteiger partial charge in [0.2, 0.25) is 0 Å². The largest absolute Gasteiger partial charge is 0.336 e. The summed E-state index contributed by atoms with van der Waals surface area (Å²) in [6.07, 6.45) is 4.69. The molecule has 0 aliphatic carbocycles. The molecule has 0 saturated carbocycles. The topological polar surface area (TPSA) is 84.3 Å². The van der Waals surface area contributed by atoms with E-state index in [1.54, 1.807) is 23.2 Å². The first-order valence-electron chi connectivity index (χ1n) is 7.67. The van der Waals surface area contributed by atoms with Crippen LogP contribution in [0.15, 0.2) is 41.6 Å². The van der Waals surface area contributed by atoms with Crippen molar-refractivity contribution in [2.75, 3.05) is 25.9 Å². The molecule has 1 saturated heterocycles. The molecule has 3 rings (SSSR count). The lowest BCUT2D eigenvalue weighted by molar-refractivity contribution is 0.0620. The smallest absolute Gasteiger partial charge is 0.254 e. The molecule has 1 aliphatic heterocycles. The summed E-state index contributed by atoms with van der Waals surface area (Å²) >= 11 is 0. The predicted molar refractivity (Wildman–Crippen MR) is 96.7 cm³/mol. The van der Waals surface area contributed by atoms with Gasteiger partial charge in [0.25, 0.3) is 5.91 Å². The van der Waals surface area contributed by atoms with Crippen LogP contribution in [0.3, 0.4) is 0 Å². The van der Waals surface area contributed by atoms with E-state index in [-0.39, 0.29) is 29.3 Å². The molecule has 1 N–H and O–H groups in total. The van der Waals surface area contributed by atoms with Gasteiger partial charge >= 0.3 is 0 Å². The van der Waals surface area contributed by atoms with Gasteiger partial charge in [0, 0.05) is 50.9 Å². The molecule has 1 atom stereocenters. The van der Waals surface area contributed by atoms with Crippen LogP contribution in [0, 0.1) is 0 Å². The Morgan fingerprint density at radius 1 is 1.36 bits per heavy atom. The number of nitrogens with one attached hydrogen (secondary N) is 1. The van der Waals surface area contributed by atoms with Gasteiger partial charge in [-0.15, -0.1) is 12.4 Å². The third kappa shape index (κ3) is 4.02. The first-order chi connectivity index (χ1) is 11.4. The van der Waals surface area contributed by atoms with E-state index in [0.717, 1.165) is 12.1 Å². The van der Waals surface area contributed by atoms with Crippen molar-refractivity contribution in [1.29, 1.82) is 0 Å². The molecule has 1 aromatic heterocycles. The Hall–Kier alpha value is -1.90. The summed E-state index contributed by atoms with van der Waals surface area (Å²) in [6.45, 7) is 1.85. The van der Waals surface area contributed by atoms with E-state index >= 15 is 0 Å². The molecule has 2 aromatic rings. The molecule has 136 valence electrons. The maximum atomic E-state index is 13.0. The molecule has 1 unspecified atom stereocenters. The number of imidazole rings is 1. The minimum Gasteiger partial charge on any atom is -0.336 e. The second-order valence-corrected chi connectivity index (χ2v) is 7.93. The quantitative estimate of drug-likeness (QED) is 0.854. The molecule has 0 radical (unpaired) electrons. The lowest BCUT2D eigenvalue weighted by Gasteiger charge is -2.35. The van der Waals surface area contributed by atoms with E-state index in [1.165, 1.54) is 12.1 Å². The van der Waals surface area contributed by atoms with Crippen LogP contribution in [0.1, 0.15) is 22.2 Å². The van der Waals surface area contributed by atoms with Crippen molar-refractivity contribution in [3.05, 3.63) is 48.0 Å². The van der Waals surface area contributed by atoms with Crippen molar-refractivity contribution in [3.8, 4) is 0 Å². The molecular weight excluding hydrogens is 364 g/mol. The lowest BCUT2D eigenvalue weighted by Crippen LogP contribution is -2.49. The SMILES string of the molecule is Cl.Cn1ccnc1C1CNCCN1C(=O)c1cccc(S(C)(=O)=O)c1. The molecular formula is C16H21ClN4O3S. The number of halogens is 1. The van der Waals surface area contributed by atoms with E-state index < -0.39 is 9.84 Å². The van der Waals surface area contributed by atoms with Crippen molar-refractivity contribution < 1.29 is 13.2 Å². The van der Waals surface area contributed by atoms with Crippen LogP contribution in [0.2, 0.25) is 0 Å². The van der Waals surface area contributed by atoms with Crippen LogP contribution in [0.4, 0.5) is 0 Å². The van der Waals surface area contributed by atoms with E-state index in [4.69, 9.17) is 0 Å². The fourth-order valence-electron chi connectivity index (χ4n) is 2.90. The van der Waals surface area contributed by atoms with Gasteiger partial charge in [-0.2, -0.15) is 0 Å². The Kier molecular flexibility index (Phi) is 5.87. The predicted octanol–water partition coefficient (Wildman–Crippen LogP) is 1.03. The Balaban J connectivity index is 0.00000225. The van der Waals surface area contributed by atoms with Crippen LogP contribution in [0.25, 0.3) is 0 Å². The van der Waals surface area contributed by atoms with Gasteiger partial charge in [0.1, 0.15) is 11.9 Å². The Morgan fingerprint density at radius 3 is 2.76 bits per heavy atom. The summed E-state index contributed by atoms with van der Waals surface area (Å²) in [4.78, 5) is 19.2. The third-order valence-corrected chi connectivity index (χ3v) is 5.28. The number of nitrogens with zero attached hydrogens (tertiary/aromatic N) is 3. The molecule has 1 aromatic carbocycles. The van der Waals surface area contributed by atoms with Crippen molar-refractivity contribution in [1.82, 2.24) is 19.8 Å². The summed E-state index contributed by atoms with van der Waals surface area (Å²) in [5, 5.41) is 3.28. The maximum Gasteiger partial charge on any atom is 0.254 e. The second-order valence-electron chi connectivity index (χ2n) is 5.91. The van der Waals surface area contributed by atoms with Gasteiger partial charge in [-0.1, -0.05) is 6.07 Å². The van der Waals surface area contributed by atoms with Crippen molar-refractivity contribution in [3.63, 3.8) is 0 Å². The normalized spacial score (nSPS) is 17.8. The van der Waals surface area contributed by atoms with Crippen LogP contribution >= 0.6 is 12.4 Å². The number of aryl methyl sites for hydroxylation is 1. The zero-order chi connectivity index (χ0) is 17.3. The van der Waals surface area contributed by atoms with Crippen molar-refractivity contribution in [2.24, 2.45) is 7.05 Å². The number of benzene rings is 1. The third-order valence-electron chi connectivity index (χ3n) is 4.17. The number of piperazine rings is 1. The average molecular weight is 385 g/mol. The average Bonchev–Trinajstić information content (AvgIpc) is 2.99. The highest BCUT2D eigenvalue weighted by molar-refractivity contribution is 7.90. The Morgan fingerprint density at radius 2 is 2.12 bits per heavy atom. The first kappa shape index (κ1) is 19.4. The summed E-state index contributed by atoms with van der Waals surface area (Å²) in [5.41, 5.74) is 0.374. The van der Waals surface area contributed by atoms with E-state index in [0.29, 0.717) is 25.2 Å². The molecule has 0 bridgehead atoms. The Labute approximate surface area is 153 Å². The highest BCUT2D eigenvalue weighted by atomic mass is 35.5. The standard InChI is InChI=1S/C16H20N4O3S.ClH/c1-19-8-7-18-15(19)14-11-17-6-9-20(14)16(21)12-4-3-5-13(10-12)24(2,22)23;/h3-5,7-8,10,14,17H,6,9,11H2,1-2H3;1H. The summed E-state index contributed by atoms with van der Waals surface area (Å²) in [6, 6.07) is 6.00. The number of carbonyl (C=O) groups is 1. The molecule has 2 heterocycles. The van der Waals surface area contributed by atoms with E-state index in [1.807, 2.05) is 17.8 Å². The van der Waals surface area contributed by atoms with Gasteiger partial charge in [-0.3, -0.25) is 4.79 Å². The molecule has 9 heteroatoms. The fourth-order valence-corrected chi connectivity index (χ4v) is 3.57. The number of hydrogen-bond donors (Lipinski definition) is 1.